The summed E-state index contributed by atoms with van der Waals surface area (Å²) in [6.45, 7) is 7.49. The fourth-order valence-corrected chi connectivity index (χ4v) is 4.14. The van der Waals surface area contributed by atoms with Gasteiger partial charge >= 0.3 is 0 Å². The minimum atomic E-state index is 0.103. The molecule has 7 heteroatoms. The minimum absolute atomic E-state index is 0.103. The van der Waals surface area contributed by atoms with E-state index >= 15 is 0 Å². The molecule has 1 aromatic carbocycles. The second-order valence-corrected chi connectivity index (χ2v) is 8.52. The van der Waals surface area contributed by atoms with Gasteiger partial charge in [0, 0.05) is 37.0 Å². The second-order valence-electron chi connectivity index (χ2n) is 8.52. The summed E-state index contributed by atoms with van der Waals surface area (Å²) in [5.41, 5.74) is 3.35. The first-order valence-corrected chi connectivity index (χ1v) is 10.4. The molecule has 0 radical (unpaired) electrons. The van der Waals surface area contributed by atoms with Crippen molar-refractivity contribution in [3.8, 4) is 11.3 Å². The highest BCUT2D eigenvalue weighted by atomic mass is 16.1. The van der Waals surface area contributed by atoms with E-state index in [2.05, 4.69) is 39.3 Å². The number of aryl methyl sites for hydroxylation is 1. The van der Waals surface area contributed by atoms with Crippen molar-refractivity contribution in [2.75, 3.05) is 19.6 Å². The van der Waals surface area contributed by atoms with Crippen LogP contribution < -0.4 is 0 Å². The first kappa shape index (κ1) is 19.6. The first-order valence-electron chi connectivity index (χ1n) is 10.4. The molecule has 0 unspecified atom stereocenters. The Morgan fingerprint density at radius 2 is 2.07 bits per heavy atom. The molecule has 0 aliphatic carbocycles. The quantitative estimate of drug-likeness (QED) is 0.642. The molecule has 1 saturated heterocycles. The van der Waals surface area contributed by atoms with Gasteiger partial charge in [0.2, 0.25) is 0 Å². The maximum absolute atomic E-state index is 12.9. The number of likely N-dealkylation sites (tertiary alicyclic amines) is 1. The highest BCUT2D eigenvalue weighted by molar-refractivity contribution is 5.86. The van der Waals surface area contributed by atoms with Crippen LogP contribution in [0.5, 0.6) is 0 Å². The summed E-state index contributed by atoms with van der Waals surface area (Å²) in [4.78, 5) is 15.3. The Kier molecular flexibility index (Phi) is 5.67. The Balaban J connectivity index is 1.49. The van der Waals surface area contributed by atoms with Crippen molar-refractivity contribution in [1.29, 1.82) is 0 Å². The molecule has 1 fully saturated rings. The zero-order chi connectivity index (χ0) is 20.4. The van der Waals surface area contributed by atoms with E-state index in [1.807, 2.05) is 37.5 Å². The summed E-state index contributed by atoms with van der Waals surface area (Å²) in [7, 11) is 1.85. The first-order chi connectivity index (χ1) is 14.0. The van der Waals surface area contributed by atoms with Crippen molar-refractivity contribution in [1.82, 2.24) is 30.1 Å². The van der Waals surface area contributed by atoms with Crippen LogP contribution in [0, 0.1) is 11.8 Å². The van der Waals surface area contributed by atoms with Gasteiger partial charge in [-0.2, -0.15) is 10.2 Å². The van der Waals surface area contributed by atoms with Gasteiger partial charge in [-0.15, -0.1) is 5.10 Å². The van der Waals surface area contributed by atoms with Crippen LogP contribution in [0.4, 0.5) is 0 Å². The van der Waals surface area contributed by atoms with Crippen molar-refractivity contribution in [3.05, 3.63) is 36.2 Å². The van der Waals surface area contributed by atoms with Crippen molar-refractivity contribution in [2.45, 2.75) is 33.1 Å². The molecule has 4 rings (SSSR count). The number of nitrogens with zero attached hydrogens (tertiary/aromatic N) is 6. The Labute approximate surface area is 171 Å². The van der Waals surface area contributed by atoms with Crippen molar-refractivity contribution in [3.63, 3.8) is 0 Å². The van der Waals surface area contributed by atoms with Crippen LogP contribution in [0.2, 0.25) is 0 Å². The van der Waals surface area contributed by atoms with Crippen molar-refractivity contribution in [2.24, 2.45) is 18.9 Å². The van der Waals surface area contributed by atoms with Crippen LogP contribution in [0.3, 0.4) is 0 Å². The number of rotatable bonds is 6. The second kappa shape index (κ2) is 8.37. The molecule has 0 N–H and O–H groups in total. The number of hydrogen-bond donors (Lipinski definition) is 0. The number of Topliss-reactive ketones (excluding diaryl/α,β-unsaturated/α-hetero) is 1. The van der Waals surface area contributed by atoms with Gasteiger partial charge in [0.15, 0.2) is 0 Å². The normalized spacial score (nSPS) is 17.9. The predicted molar refractivity (Wildman–Crippen MR) is 112 cm³/mol. The maximum Gasteiger partial charge on any atom is 0.143 e. The van der Waals surface area contributed by atoms with Crippen LogP contribution in [0.25, 0.3) is 22.2 Å². The summed E-state index contributed by atoms with van der Waals surface area (Å²) >= 11 is 0. The number of fused-ring (bicyclic) bond motifs is 1. The zero-order valence-corrected chi connectivity index (χ0v) is 17.4. The number of carbonyl (C=O) groups excluding carboxylic acids is 1. The standard InChI is InChI=1S/C22H28N6O/c1-15(2)12-28-8-4-5-17(13-28)22(29)11-19-10-18-9-16(6-7-20(18)24-23-19)21-14-27(3)26-25-21/h6-7,9-10,14-15,17H,4-5,8,11-13H2,1-3H3/t17-/m1/s1. The molecule has 0 amide bonds. The summed E-state index contributed by atoms with van der Waals surface area (Å²) in [5.74, 6) is 1.00. The van der Waals surface area contributed by atoms with Crippen LogP contribution in [0.1, 0.15) is 32.4 Å². The fraction of sp³-hybridized carbons (Fsp3) is 0.500. The Morgan fingerprint density at radius 1 is 1.21 bits per heavy atom. The van der Waals surface area contributed by atoms with E-state index in [0.29, 0.717) is 12.3 Å². The van der Waals surface area contributed by atoms with E-state index < -0.39 is 0 Å². The summed E-state index contributed by atoms with van der Waals surface area (Å²) in [6.07, 6.45) is 4.30. The lowest BCUT2D eigenvalue weighted by Crippen LogP contribution is -2.40. The monoisotopic (exact) mass is 392 g/mol. The van der Waals surface area contributed by atoms with Crippen molar-refractivity contribution >= 4 is 16.7 Å². The number of aromatic nitrogens is 5. The zero-order valence-electron chi connectivity index (χ0n) is 17.4. The van der Waals surface area contributed by atoms with E-state index in [1.165, 1.54) is 0 Å². The molecule has 0 bridgehead atoms. The van der Waals surface area contributed by atoms with E-state index in [1.54, 1.807) is 4.68 Å². The average molecular weight is 393 g/mol. The third-order valence-electron chi connectivity index (χ3n) is 5.47. The maximum atomic E-state index is 12.9. The molecule has 29 heavy (non-hydrogen) atoms. The average Bonchev–Trinajstić information content (AvgIpc) is 3.13. The molecule has 0 spiro atoms. The van der Waals surface area contributed by atoms with Gasteiger partial charge in [-0.3, -0.25) is 9.48 Å². The van der Waals surface area contributed by atoms with Gasteiger partial charge < -0.3 is 4.90 Å². The SMILES string of the molecule is CC(C)CN1CCC[C@@H](C(=O)Cc2cc3cc(-c4cn(C)nn4)ccc3nn2)C1. The molecule has 1 aliphatic heterocycles. The Bertz CT molecular complexity index is 1010. The van der Waals surface area contributed by atoms with E-state index in [0.717, 1.165) is 60.3 Å². The molecule has 152 valence electrons. The van der Waals surface area contributed by atoms with Gasteiger partial charge in [-0.05, 0) is 43.5 Å². The third-order valence-corrected chi connectivity index (χ3v) is 5.47. The number of hydrogen-bond acceptors (Lipinski definition) is 6. The molecular weight excluding hydrogens is 364 g/mol. The van der Waals surface area contributed by atoms with Crippen molar-refractivity contribution < 1.29 is 4.79 Å². The van der Waals surface area contributed by atoms with Gasteiger partial charge in [0.1, 0.15) is 11.5 Å². The van der Waals surface area contributed by atoms with E-state index in [4.69, 9.17) is 0 Å². The minimum Gasteiger partial charge on any atom is -0.302 e. The lowest BCUT2D eigenvalue weighted by Gasteiger charge is -2.33. The van der Waals surface area contributed by atoms with Gasteiger partial charge in [-0.1, -0.05) is 25.1 Å². The molecule has 1 aliphatic rings. The molecule has 1 atom stereocenters. The Hall–Kier alpha value is -2.67. The van der Waals surface area contributed by atoms with Crippen LogP contribution in [-0.2, 0) is 18.3 Å². The highest BCUT2D eigenvalue weighted by Gasteiger charge is 2.26. The lowest BCUT2D eigenvalue weighted by molar-refractivity contribution is -0.124. The van der Waals surface area contributed by atoms with Crippen LogP contribution in [-0.4, -0.2) is 55.5 Å². The predicted octanol–water partition coefficient (Wildman–Crippen LogP) is 2.90. The van der Waals surface area contributed by atoms with Gasteiger partial charge in [0.25, 0.3) is 0 Å². The number of carbonyl (C=O) groups is 1. The van der Waals surface area contributed by atoms with Crippen LogP contribution >= 0.6 is 0 Å². The molecule has 7 nitrogen and oxygen atoms in total. The largest absolute Gasteiger partial charge is 0.302 e. The third kappa shape index (κ3) is 4.67. The highest BCUT2D eigenvalue weighted by Crippen LogP contribution is 2.23. The van der Waals surface area contributed by atoms with Gasteiger partial charge in [-0.25, -0.2) is 0 Å². The molecule has 2 aromatic heterocycles. The number of benzene rings is 1. The summed E-state index contributed by atoms with van der Waals surface area (Å²) in [5, 5.41) is 17.8. The van der Waals surface area contributed by atoms with E-state index in [-0.39, 0.29) is 11.7 Å². The van der Waals surface area contributed by atoms with Crippen LogP contribution in [0.15, 0.2) is 30.5 Å². The Morgan fingerprint density at radius 3 is 2.83 bits per heavy atom. The number of piperidine rings is 1. The summed E-state index contributed by atoms with van der Waals surface area (Å²) < 4.78 is 1.68. The molecule has 0 saturated carbocycles. The lowest BCUT2D eigenvalue weighted by atomic mass is 9.91. The number of ketones is 1. The fourth-order valence-electron chi connectivity index (χ4n) is 4.14. The topological polar surface area (TPSA) is 76.8 Å². The smallest absolute Gasteiger partial charge is 0.143 e. The molecule has 3 heterocycles. The summed E-state index contributed by atoms with van der Waals surface area (Å²) in [6, 6.07) is 7.92. The molecule has 3 aromatic rings. The molecular formula is C22H28N6O. The van der Waals surface area contributed by atoms with Gasteiger partial charge in [0.05, 0.1) is 23.8 Å². The van der Waals surface area contributed by atoms with E-state index in [9.17, 15) is 4.79 Å².